The molecule has 0 unspecified atom stereocenters. The van der Waals surface area contributed by atoms with Crippen LogP contribution in [0, 0.1) is 6.92 Å². The van der Waals surface area contributed by atoms with Crippen LogP contribution in [-0.2, 0) is 0 Å². The van der Waals surface area contributed by atoms with Gasteiger partial charge in [0.05, 0.1) is 5.56 Å². The largest absolute Gasteiger partial charge is 0.507 e. The van der Waals surface area contributed by atoms with E-state index in [1.165, 1.54) is 0 Å². The van der Waals surface area contributed by atoms with Crippen LogP contribution >= 0.6 is 0 Å². The maximum atomic E-state index is 9.85. The van der Waals surface area contributed by atoms with Crippen molar-refractivity contribution in [3.8, 4) is 17.1 Å². The number of benzene rings is 2. The first-order valence-electron chi connectivity index (χ1n) is 5.54. The second-order valence-corrected chi connectivity index (χ2v) is 4.07. The smallest absolute Gasteiger partial charge is 0.142 e. The van der Waals surface area contributed by atoms with Crippen LogP contribution in [0.4, 0.5) is 0 Å². The molecule has 3 rings (SSSR count). The van der Waals surface area contributed by atoms with Crippen LogP contribution < -0.4 is 0 Å². The van der Waals surface area contributed by atoms with Gasteiger partial charge in [-0.25, -0.2) is 0 Å². The minimum absolute atomic E-state index is 0.245. The molecule has 0 aliphatic carbocycles. The number of aryl methyl sites for hydroxylation is 1. The number of aromatic hydroxyl groups is 1. The highest BCUT2D eigenvalue weighted by atomic mass is 16.3. The van der Waals surface area contributed by atoms with Gasteiger partial charge in [0.25, 0.3) is 0 Å². The first-order valence-corrected chi connectivity index (χ1v) is 5.54. The average molecular weight is 224 g/mol. The first-order chi connectivity index (χ1) is 8.27. The number of phenolic OH excluding ortho intramolecular Hbond substituents is 1. The summed E-state index contributed by atoms with van der Waals surface area (Å²) in [7, 11) is 0. The summed E-state index contributed by atoms with van der Waals surface area (Å²) in [6.07, 6.45) is 0. The van der Waals surface area contributed by atoms with Crippen molar-refractivity contribution in [2.45, 2.75) is 6.92 Å². The fourth-order valence-corrected chi connectivity index (χ4v) is 2.10. The molecule has 1 N–H and O–H groups in total. The molecule has 0 spiro atoms. The number of rotatable bonds is 1. The number of hydrogen-bond donors (Lipinski definition) is 1. The van der Waals surface area contributed by atoms with Gasteiger partial charge in [0, 0.05) is 10.9 Å². The van der Waals surface area contributed by atoms with Crippen LogP contribution in [0.25, 0.3) is 22.3 Å². The molecular weight excluding hydrogens is 212 g/mol. The average Bonchev–Trinajstić information content (AvgIpc) is 2.68. The molecule has 2 aromatic carbocycles. The lowest BCUT2D eigenvalue weighted by molar-refractivity contribution is 0.474. The van der Waals surface area contributed by atoms with Crippen LogP contribution in [0.2, 0.25) is 0 Å². The molecule has 3 aromatic rings. The topological polar surface area (TPSA) is 33.4 Å². The SMILES string of the molecule is Cc1c(-c2ccccc2O)oc2ccccc12. The molecule has 17 heavy (non-hydrogen) atoms. The van der Waals surface area contributed by atoms with E-state index in [0.717, 1.165) is 27.9 Å². The van der Waals surface area contributed by atoms with E-state index in [2.05, 4.69) is 0 Å². The maximum Gasteiger partial charge on any atom is 0.142 e. The second-order valence-electron chi connectivity index (χ2n) is 4.07. The third-order valence-electron chi connectivity index (χ3n) is 2.99. The Morgan fingerprint density at radius 3 is 2.41 bits per heavy atom. The van der Waals surface area contributed by atoms with Crippen molar-refractivity contribution in [1.82, 2.24) is 0 Å². The van der Waals surface area contributed by atoms with E-state index in [4.69, 9.17) is 4.42 Å². The maximum absolute atomic E-state index is 9.85. The van der Waals surface area contributed by atoms with Gasteiger partial charge in [-0.2, -0.15) is 0 Å². The van der Waals surface area contributed by atoms with E-state index < -0.39 is 0 Å². The number of furan rings is 1. The van der Waals surface area contributed by atoms with Gasteiger partial charge in [-0.3, -0.25) is 0 Å². The molecule has 0 saturated carbocycles. The fourth-order valence-electron chi connectivity index (χ4n) is 2.10. The van der Waals surface area contributed by atoms with Gasteiger partial charge in [-0.05, 0) is 25.1 Å². The van der Waals surface area contributed by atoms with Crippen molar-refractivity contribution in [3.63, 3.8) is 0 Å². The minimum Gasteiger partial charge on any atom is -0.507 e. The van der Waals surface area contributed by atoms with Crippen LogP contribution in [0.15, 0.2) is 52.9 Å². The second kappa shape index (κ2) is 3.67. The highest BCUT2D eigenvalue weighted by Gasteiger charge is 2.14. The summed E-state index contributed by atoms with van der Waals surface area (Å²) in [6.45, 7) is 2.01. The molecule has 0 radical (unpaired) electrons. The van der Waals surface area contributed by atoms with Crippen molar-refractivity contribution in [3.05, 3.63) is 54.1 Å². The van der Waals surface area contributed by atoms with Crippen LogP contribution in [0.1, 0.15) is 5.56 Å². The van der Waals surface area contributed by atoms with Crippen LogP contribution in [0.5, 0.6) is 5.75 Å². The number of phenols is 1. The van der Waals surface area contributed by atoms with E-state index in [1.54, 1.807) is 12.1 Å². The Morgan fingerprint density at radius 2 is 1.65 bits per heavy atom. The van der Waals surface area contributed by atoms with Crippen molar-refractivity contribution in [1.29, 1.82) is 0 Å². The molecule has 0 fully saturated rings. The molecule has 0 aliphatic rings. The molecule has 84 valence electrons. The lowest BCUT2D eigenvalue weighted by Gasteiger charge is -2.01. The standard InChI is InChI=1S/C15H12O2/c1-10-11-6-3-5-9-14(11)17-15(10)12-7-2-4-8-13(12)16/h2-9,16H,1H3. The summed E-state index contributed by atoms with van der Waals surface area (Å²) in [4.78, 5) is 0. The molecule has 1 aromatic heterocycles. The van der Waals surface area contributed by atoms with Gasteiger partial charge >= 0.3 is 0 Å². The monoisotopic (exact) mass is 224 g/mol. The molecular formula is C15H12O2. The van der Waals surface area contributed by atoms with Gasteiger partial charge in [0.1, 0.15) is 17.1 Å². The van der Waals surface area contributed by atoms with E-state index in [0.29, 0.717) is 0 Å². The van der Waals surface area contributed by atoms with Crippen LogP contribution in [-0.4, -0.2) is 5.11 Å². The molecule has 2 nitrogen and oxygen atoms in total. The van der Waals surface area contributed by atoms with E-state index >= 15 is 0 Å². The Kier molecular flexibility index (Phi) is 2.15. The fraction of sp³-hybridized carbons (Fsp3) is 0.0667. The van der Waals surface area contributed by atoms with Crippen molar-refractivity contribution in [2.24, 2.45) is 0 Å². The van der Waals surface area contributed by atoms with E-state index in [1.807, 2.05) is 43.3 Å². The van der Waals surface area contributed by atoms with Crippen molar-refractivity contribution in [2.75, 3.05) is 0 Å². The van der Waals surface area contributed by atoms with Gasteiger partial charge < -0.3 is 9.52 Å². The zero-order valence-corrected chi connectivity index (χ0v) is 9.47. The summed E-state index contributed by atoms with van der Waals surface area (Å²) in [5.41, 5.74) is 2.64. The highest BCUT2D eigenvalue weighted by Crippen LogP contribution is 2.36. The van der Waals surface area contributed by atoms with Crippen molar-refractivity contribution >= 4 is 11.0 Å². The summed E-state index contributed by atoms with van der Waals surface area (Å²) in [5, 5.41) is 10.9. The Labute approximate surface area is 99.1 Å². The Morgan fingerprint density at radius 1 is 0.941 bits per heavy atom. The zero-order chi connectivity index (χ0) is 11.8. The van der Waals surface area contributed by atoms with E-state index in [-0.39, 0.29) is 5.75 Å². The van der Waals surface area contributed by atoms with Gasteiger partial charge in [-0.1, -0.05) is 30.3 Å². The predicted octanol–water partition coefficient (Wildman–Crippen LogP) is 4.11. The molecule has 0 bridgehead atoms. The molecule has 0 atom stereocenters. The lowest BCUT2D eigenvalue weighted by Crippen LogP contribution is -1.78. The predicted molar refractivity (Wildman–Crippen MR) is 68.1 cm³/mol. The Hall–Kier alpha value is -2.22. The Bertz CT molecular complexity index is 680. The van der Waals surface area contributed by atoms with Crippen molar-refractivity contribution < 1.29 is 9.52 Å². The normalized spacial score (nSPS) is 10.9. The first kappa shape index (κ1) is 9.97. The molecule has 2 heteroatoms. The lowest BCUT2D eigenvalue weighted by atomic mass is 10.1. The molecule has 1 heterocycles. The minimum atomic E-state index is 0.245. The zero-order valence-electron chi connectivity index (χ0n) is 9.47. The quantitative estimate of drug-likeness (QED) is 0.674. The highest BCUT2D eigenvalue weighted by molar-refractivity contribution is 5.88. The molecule has 0 aliphatic heterocycles. The third kappa shape index (κ3) is 1.49. The summed E-state index contributed by atoms with van der Waals surface area (Å²) >= 11 is 0. The Balaban J connectivity index is 2.32. The summed E-state index contributed by atoms with van der Waals surface area (Å²) in [5.74, 6) is 0.985. The summed E-state index contributed by atoms with van der Waals surface area (Å²) < 4.78 is 5.81. The molecule has 0 saturated heterocycles. The molecule has 0 amide bonds. The number of para-hydroxylation sites is 2. The van der Waals surface area contributed by atoms with Crippen LogP contribution in [0.3, 0.4) is 0 Å². The van der Waals surface area contributed by atoms with Gasteiger partial charge in [-0.15, -0.1) is 0 Å². The van der Waals surface area contributed by atoms with Gasteiger partial charge in [0.15, 0.2) is 0 Å². The summed E-state index contributed by atoms with van der Waals surface area (Å²) in [6, 6.07) is 15.1. The number of hydrogen-bond acceptors (Lipinski definition) is 2. The van der Waals surface area contributed by atoms with E-state index in [9.17, 15) is 5.11 Å². The van der Waals surface area contributed by atoms with Gasteiger partial charge in [0.2, 0.25) is 0 Å². The number of fused-ring (bicyclic) bond motifs is 1. The third-order valence-corrected chi connectivity index (χ3v) is 2.99.